The maximum Gasteiger partial charge on any atom is 0.269 e. The number of halogens is 1. The molecule has 2 aliphatic rings. The van der Waals surface area contributed by atoms with E-state index in [4.69, 9.17) is 4.74 Å². The summed E-state index contributed by atoms with van der Waals surface area (Å²) >= 11 is 0. The van der Waals surface area contributed by atoms with Crippen LogP contribution in [0.1, 0.15) is 5.56 Å². The number of nitrogens with one attached hydrogen (secondary N) is 2. The minimum absolute atomic E-state index is 0.0618. The van der Waals surface area contributed by atoms with Crippen LogP contribution in [0.15, 0.2) is 82.6 Å². The largest absolute Gasteiger partial charge is 0.378 e. The van der Waals surface area contributed by atoms with E-state index in [1.54, 1.807) is 18.2 Å². The van der Waals surface area contributed by atoms with Crippen molar-refractivity contribution in [1.82, 2.24) is 0 Å². The molecule has 5 rings (SSSR count). The smallest absolute Gasteiger partial charge is 0.269 e. The minimum atomic E-state index is -4.06. The third kappa shape index (κ3) is 4.15. The van der Waals surface area contributed by atoms with Crippen LogP contribution in [-0.4, -0.2) is 40.6 Å². The lowest BCUT2D eigenvalue weighted by Crippen LogP contribution is -2.36. The number of sulfone groups is 1. The summed E-state index contributed by atoms with van der Waals surface area (Å²) in [4.78, 5) is 15.0. The molecule has 0 bridgehead atoms. The maximum absolute atomic E-state index is 13.3. The number of hydrogen-bond acceptors (Lipinski definition) is 6. The van der Waals surface area contributed by atoms with E-state index in [-0.39, 0.29) is 15.5 Å². The lowest BCUT2D eigenvalue weighted by atomic mass is 10.1. The summed E-state index contributed by atoms with van der Waals surface area (Å²) in [5, 5.41) is 5.71. The molecule has 0 atom stereocenters. The Morgan fingerprint density at radius 3 is 2.24 bits per heavy atom. The molecule has 34 heavy (non-hydrogen) atoms. The Hall–Kier alpha value is -3.69. The predicted molar refractivity (Wildman–Crippen MR) is 129 cm³/mol. The molecule has 3 aromatic carbocycles. The normalized spacial score (nSPS) is 16.8. The molecule has 3 aromatic rings. The van der Waals surface area contributed by atoms with Gasteiger partial charge in [-0.15, -0.1) is 0 Å². The zero-order valence-corrected chi connectivity index (χ0v) is 18.9. The van der Waals surface area contributed by atoms with E-state index in [1.807, 2.05) is 24.3 Å². The number of ether oxygens (including phenoxy) is 1. The fourth-order valence-electron chi connectivity index (χ4n) is 4.08. The van der Waals surface area contributed by atoms with Gasteiger partial charge in [0.05, 0.1) is 23.8 Å². The Bertz CT molecular complexity index is 1360. The summed E-state index contributed by atoms with van der Waals surface area (Å²) in [6, 6.07) is 19.2. The van der Waals surface area contributed by atoms with Gasteiger partial charge in [-0.05, 0) is 54.6 Å². The molecule has 2 aliphatic heterocycles. The van der Waals surface area contributed by atoms with Crippen molar-refractivity contribution in [2.75, 3.05) is 41.8 Å². The Balaban J connectivity index is 1.49. The van der Waals surface area contributed by atoms with Gasteiger partial charge in [0.2, 0.25) is 9.84 Å². The summed E-state index contributed by atoms with van der Waals surface area (Å²) in [7, 11) is -4.06. The topological polar surface area (TPSA) is 87.7 Å². The fraction of sp³-hybridized carbons (Fsp3) is 0.160. The Morgan fingerprint density at radius 2 is 1.53 bits per heavy atom. The molecule has 1 fully saturated rings. The van der Waals surface area contributed by atoms with E-state index in [0.717, 1.165) is 18.8 Å². The first kappa shape index (κ1) is 22.1. The molecule has 7 nitrogen and oxygen atoms in total. The summed E-state index contributed by atoms with van der Waals surface area (Å²) in [5.74, 6) is -1.25. The molecule has 0 unspecified atom stereocenters. The molecule has 1 amide bonds. The number of rotatable bonds is 5. The fourth-order valence-corrected chi connectivity index (χ4v) is 5.74. The van der Waals surface area contributed by atoms with Crippen molar-refractivity contribution in [3.05, 3.63) is 89.1 Å². The average molecular weight is 480 g/mol. The summed E-state index contributed by atoms with van der Waals surface area (Å²) in [6.07, 6.45) is 0. The number of anilines is 3. The summed E-state index contributed by atoms with van der Waals surface area (Å²) in [6.45, 7) is 2.95. The van der Waals surface area contributed by atoms with Gasteiger partial charge in [-0.2, -0.15) is 0 Å². The van der Waals surface area contributed by atoms with Gasteiger partial charge in [0.25, 0.3) is 5.91 Å². The van der Waals surface area contributed by atoms with Gasteiger partial charge in [-0.3, -0.25) is 4.79 Å². The first-order valence-corrected chi connectivity index (χ1v) is 12.3. The van der Waals surface area contributed by atoms with Crippen molar-refractivity contribution < 1.29 is 22.3 Å². The third-order valence-corrected chi connectivity index (χ3v) is 7.62. The molecule has 174 valence electrons. The van der Waals surface area contributed by atoms with Crippen molar-refractivity contribution in [2.24, 2.45) is 0 Å². The maximum atomic E-state index is 13.3. The number of hydrogen-bond donors (Lipinski definition) is 2. The first-order chi connectivity index (χ1) is 16.4. The molecule has 0 spiro atoms. The second-order valence-corrected chi connectivity index (χ2v) is 9.79. The average Bonchev–Trinajstić information content (AvgIpc) is 3.08. The highest BCUT2D eigenvalue weighted by Gasteiger charge is 2.40. The molecule has 1 saturated heterocycles. The first-order valence-electron chi connectivity index (χ1n) is 10.8. The van der Waals surface area contributed by atoms with Gasteiger partial charge in [0, 0.05) is 35.7 Å². The standard InChI is InChI=1S/C25H22FN3O4S/c26-17-5-7-19(8-6-17)28-25(30)24-23(21-3-1-2-4-22(21)34(24,31)32)27-18-9-11-20(12-10-18)29-13-15-33-16-14-29/h1-12,27H,13-16H2,(H,28,30). The van der Waals surface area contributed by atoms with E-state index < -0.39 is 21.6 Å². The monoisotopic (exact) mass is 479 g/mol. The summed E-state index contributed by atoms with van der Waals surface area (Å²) in [5.41, 5.74) is 2.60. The quantitative estimate of drug-likeness (QED) is 0.578. The summed E-state index contributed by atoms with van der Waals surface area (Å²) < 4.78 is 45.2. The van der Waals surface area contributed by atoms with Crippen molar-refractivity contribution in [2.45, 2.75) is 4.90 Å². The van der Waals surface area contributed by atoms with Crippen molar-refractivity contribution in [3.63, 3.8) is 0 Å². The second-order valence-electron chi connectivity index (χ2n) is 7.94. The van der Waals surface area contributed by atoms with Gasteiger partial charge < -0.3 is 20.3 Å². The van der Waals surface area contributed by atoms with Gasteiger partial charge in [-0.1, -0.05) is 18.2 Å². The van der Waals surface area contributed by atoms with E-state index in [9.17, 15) is 17.6 Å². The van der Waals surface area contributed by atoms with Crippen LogP contribution >= 0.6 is 0 Å². The SMILES string of the molecule is O=C(Nc1ccc(F)cc1)C1=C(Nc2ccc(N3CCOCC3)cc2)c2ccccc2S1(=O)=O. The molecule has 9 heteroatoms. The molecule has 2 N–H and O–H groups in total. The third-order valence-electron chi connectivity index (χ3n) is 5.76. The zero-order valence-electron chi connectivity index (χ0n) is 18.1. The van der Waals surface area contributed by atoms with Crippen LogP contribution in [0, 0.1) is 5.82 Å². The highest BCUT2D eigenvalue weighted by molar-refractivity contribution is 7.97. The van der Waals surface area contributed by atoms with E-state index in [1.165, 1.54) is 30.3 Å². The number of amides is 1. The van der Waals surface area contributed by atoms with Gasteiger partial charge in [-0.25, -0.2) is 12.8 Å². The Labute approximate surface area is 196 Å². The molecular formula is C25H22FN3O4S. The lowest BCUT2D eigenvalue weighted by molar-refractivity contribution is -0.112. The highest BCUT2D eigenvalue weighted by atomic mass is 32.2. The van der Waals surface area contributed by atoms with Crippen LogP contribution in [0.5, 0.6) is 0 Å². The number of benzene rings is 3. The van der Waals surface area contributed by atoms with Gasteiger partial charge >= 0.3 is 0 Å². The molecular weight excluding hydrogens is 457 g/mol. The second kappa shape index (κ2) is 8.92. The van der Waals surface area contributed by atoms with Crippen LogP contribution < -0.4 is 15.5 Å². The van der Waals surface area contributed by atoms with Crippen LogP contribution in [0.3, 0.4) is 0 Å². The van der Waals surface area contributed by atoms with E-state index in [0.29, 0.717) is 30.2 Å². The van der Waals surface area contributed by atoms with Crippen molar-refractivity contribution in [1.29, 1.82) is 0 Å². The van der Waals surface area contributed by atoms with Gasteiger partial charge in [0.15, 0.2) is 4.91 Å². The van der Waals surface area contributed by atoms with Crippen molar-refractivity contribution >= 4 is 38.5 Å². The molecule has 0 saturated carbocycles. The molecule has 2 heterocycles. The zero-order chi connectivity index (χ0) is 23.7. The van der Waals surface area contributed by atoms with Crippen molar-refractivity contribution in [3.8, 4) is 0 Å². The number of nitrogens with zero attached hydrogens (tertiary/aromatic N) is 1. The lowest BCUT2D eigenvalue weighted by Gasteiger charge is -2.29. The number of carbonyl (C=O) groups excluding carboxylic acids is 1. The Kier molecular flexibility index (Phi) is 5.80. The highest BCUT2D eigenvalue weighted by Crippen LogP contribution is 2.40. The Morgan fingerprint density at radius 1 is 0.882 bits per heavy atom. The molecule has 0 aliphatic carbocycles. The van der Waals surface area contributed by atoms with Crippen LogP contribution in [0.4, 0.5) is 21.5 Å². The number of fused-ring (bicyclic) bond motifs is 1. The van der Waals surface area contributed by atoms with E-state index in [2.05, 4.69) is 15.5 Å². The predicted octanol–water partition coefficient (Wildman–Crippen LogP) is 3.87. The van der Waals surface area contributed by atoms with E-state index >= 15 is 0 Å². The molecule has 0 aromatic heterocycles. The number of carbonyl (C=O) groups is 1. The van der Waals surface area contributed by atoms with Gasteiger partial charge in [0.1, 0.15) is 5.82 Å². The van der Waals surface area contributed by atoms with Crippen LogP contribution in [0.2, 0.25) is 0 Å². The number of morpholine rings is 1. The molecule has 0 radical (unpaired) electrons. The van der Waals surface area contributed by atoms with Crippen LogP contribution in [0.25, 0.3) is 5.70 Å². The van der Waals surface area contributed by atoms with Crippen LogP contribution in [-0.2, 0) is 19.4 Å². The minimum Gasteiger partial charge on any atom is -0.378 e.